The van der Waals surface area contributed by atoms with Crippen LogP contribution in [0.3, 0.4) is 0 Å². The Bertz CT molecular complexity index is 1450. The molecule has 4 aromatic rings. The molecular formula is C28H18Cl4N4O2. The maximum atomic E-state index is 10.3. The monoisotopic (exact) mass is 582 g/mol. The van der Waals surface area contributed by atoms with Crippen molar-refractivity contribution in [2.45, 2.75) is 0 Å². The minimum absolute atomic E-state index is 0.0939. The van der Waals surface area contributed by atoms with Gasteiger partial charge >= 0.3 is 0 Å². The van der Waals surface area contributed by atoms with E-state index in [4.69, 9.17) is 46.4 Å². The summed E-state index contributed by atoms with van der Waals surface area (Å²) in [4.78, 5) is 0. The average molecular weight is 584 g/mol. The minimum atomic E-state index is -0.169. The van der Waals surface area contributed by atoms with Crippen molar-refractivity contribution in [3.05, 3.63) is 127 Å². The molecule has 0 bridgehead atoms. The number of hydrogen-bond acceptors (Lipinski definition) is 6. The molecule has 0 amide bonds. The summed E-state index contributed by atoms with van der Waals surface area (Å²) < 4.78 is 0. The molecular weight excluding hydrogens is 566 g/mol. The summed E-state index contributed by atoms with van der Waals surface area (Å²) >= 11 is 24.2. The van der Waals surface area contributed by atoms with Crippen LogP contribution in [-0.2, 0) is 0 Å². The molecule has 0 atom stereocenters. The quantitative estimate of drug-likeness (QED) is 0.170. The van der Waals surface area contributed by atoms with Gasteiger partial charge in [0.1, 0.15) is 22.9 Å². The molecule has 10 heteroatoms. The van der Waals surface area contributed by atoms with Crippen molar-refractivity contribution < 1.29 is 10.2 Å². The van der Waals surface area contributed by atoms with Crippen molar-refractivity contribution >= 4 is 70.3 Å². The highest BCUT2D eigenvalue weighted by molar-refractivity contribution is 6.53. The van der Waals surface area contributed by atoms with Crippen molar-refractivity contribution in [2.24, 2.45) is 20.4 Å². The van der Waals surface area contributed by atoms with Gasteiger partial charge in [-0.2, -0.15) is 10.2 Å². The second-order valence-corrected chi connectivity index (χ2v) is 9.46. The van der Waals surface area contributed by atoms with Gasteiger partial charge in [-0.3, -0.25) is 0 Å². The number of benzene rings is 4. The molecule has 0 radical (unpaired) electrons. The van der Waals surface area contributed by atoms with E-state index >= 15 is 0 Å². The van der Waals surface area contributed by atoms with E-state index in [9.17, 15) is 10.2 Å². The van der Waals surface area contributed by atoms with Crippen LogP contribution in [0, 0.1) is 0 Å². The summed E-state index contributed by atoms with van der Waals surface area (Å²) in [5.74, 6) is -0.337. The number of rotatable bonds is 7. The number of hydrogen-bond donors (Lipinski definition) is 2. The predicted octanol–water partition coefficient (Wildman–Crippen LogP) is 8.06. The van der Waals surface area contributed by atoms with Crippen molar-refractivity contribution in [3.63, 3.8) is 0 Å². The van der Waals surface area contributed by atoms with Gasteiger partial charge in [0.05, 0.1) is 22.5 Å². The second-order valence-electron chi connectivity index (χ2n) is 7.77. The molecule has 0 saturated heterocycles. The fourth-order valence-electron chi connectivity index (χ4n) is 3.34. The third-order valence-corrected chi connectivity index (χ3v) is 6.16. The average Bonchev–Trinajstić information content (AvgIpc) is 2.91. The number of phenols is 2. The number of phenolic OH excluding ortho intramolecular Hbond substituents is 2. The molecule has 4 rings (SSSR count). The standard InChI is InChI=1S/C28H18Cl4N4O2/c29-21-11-19(27(37)23(31)13-21)15-33-35-25(17-7-3-1-4-8-17)26(18-9-5-2-6-10-18)36-34-16-20-12-22(30)14-24(32)28(20)38/h1-16,37-38H/b33-15+,34-16+,35-25-,36-26-. The molecule has 38 heavy (non-hydrogen) atoms. The lowest BCUT2D eigenvalue weighted by atomic mass is 10.00. The fourth-order valence-corrected chi connectivity index (χ4v) is 4.36. The Morgan fingerprint density at radius 2 is 0.921 bits per heavy atom. The van der Waals surface area contributed by atoms with Gasteiger partial charge in [-0.25, -0.2) is 0 Å². The van der Waals surface area contributed by atoms with Gasteiger partial charge in [-0.15, -0.1) is 10.2 Å². The van der Waals surface area contributed by atoms with E-state index < -0.39 is 0 Å². The summed E-state index contributed by atoms with van der Waals surface area (Å²) in [7, 11) is 0. The largest absolute Gasteiger partial charge is 0.506 e. The maximum Gasteiger partial charge on any atom is 0.143 e. The molecule has 190 valence electrons. The zero-order valence-corrected chi connectivity index (χ0v) is 22.5. The fraction of sp³-hybridized carbons (Fsp3) is 0. The smallest absolute Gasteiger partial charge is 0.143 e. The van der Waals surface area contributed by atoms with Crippen LogP contribution in [0.4, 0.5) is 0 Å². The number of aromatic hydroxyl groups is 2. The lowest BCUT2D eigenvalue weighted by molar-refractivity contribution is 0.474. The predicted molar refractivity (Wildman–Crippen MR) is 157 cm³/mol. The Morgan fingerprint density at radius 1 is 0.553 bits per heavy atom. The Morgan fingerprint density at radius 3 is 1.29 bits per heavy atom. The van der Waals surface area contributed by atoms with E-state index in [0.717, 1.165) is 0 Å². The van der Waals surface area contributed by atoms with Gasteiger partial charge in [0.25, 0.3) is 0 Å². The second kappa shape index (κ2) is 12.7. The summed E-state index contributed by atoms with van der Waals surface area (Å²) in [6.07, 6.45) is 2.68. The molecule has 2 N–H and O–H groups in total. The van der Waals surface area contributed by atoms with Gasteiger partial charge in [-0.05, 0) is 24.3 Å². The van der Waals surface area contributed by atoms with Crippen LogP contribution in [0.15, 0.2) is 105 Å². The molecule has 0 unspecified atom stereocenters. The van der Waals surface area contributed by atoms with Crippen molar-refractivity contribution in [3.8, 4) is 11.5 Å². The van der Waals surface area contributed by atoms with E-state index in [1.807, 2.05) is 60.7 Å². The molecule has 0 heterocycles. The Hall–Kier alpha value is -3.68. The molecule has 0 saturated carbocycles. The molecule has 4 aromatic carbocycles. The first-order chi connectivity index (χ1) is 18.3. The first-order valence-corrected chi connectivity index (χ1v) is 12.5. The Kier molecular flexibility index (Phi) is 9.15. The lowest BCUT2D eigenvalue weighted by Crippen LogP contribution is -2.17. The Balaban J connectivity index is 1.83. The van der Waals surface area contributed by atoms with Gasteiger partial charge in [0.15, 0.2) is 0 Å². The van der Waals surface area contributed by atoms with Crippen LogP contribution in [0.1, 0.15) is 22.3 Å². The summed E-state index contributed by atoms with van der Waals surface area (Å²) in [5, 5.41) is 38.6. The van der Waals surface area contributed by atoms with Crippen molar-refractivity contribution in [1.29, 1.82) is 0 Å². The maximum absolute atomic E-state index is 10.3. The van der Waals surface area contributed by atoms with Crippen LogP contribution in [-0.4, -0.2) is 34.1 Å². The van der Waals surface area contributed by atoms with Gasteiger partial charge in [0.2, 0.25) is 0 Å². The molecule has 0 aliphatic carbocycles. The molecule has 0 aliphatic heterocycles. The molecule has 0 spiro atoms. The molecule has 0 fully saturated rings. The Labute approximate surface area is 238 Å². The van der Waals surface area contributed by atoms with E-state index in [0.29, 0.717) is 43.7 Å². The van der Waals surface area contributed by atoms with Crippen LogP contribution >= 0.6 is 46.4 Å². The van der Waals surface area contributed by atoms with Gasteiger partial charge in [0, 0.05) is 32.3 Å². The van der Waals surface area contributed by atoms with E-state index in [1.54, 1.807) is 0 Å². The highest BCUT2D eigenvalue weighted by Gasteiger charge is 2.15. The van der Waals surface area contributed by atoms with Gasteiger partial charge < -0.3 is 10.2 Å². The molecule has 0 aromatic heterocycles. The summed E-state index contributed by atoms with van der Waals surface area (Å²) in [6.45, 7) is 0. The topological polar surface area (TPSA) is 89.9 Å². The third-order valence-electron chi connectivity index (χ3n) is 5.14. The zero-order chi connectivity index (χ0) is 27.1. The number of halogens is 4. The van der Waals surface area contributed by atoms with Gasteiger partial charge in [-0.1, -0.05) is 107 Å². The normalized spacial score (nSPS) is 12.5. The third kappa shape index (κ3) is 6.79. The van der Waals surface area contributed by atoms with Crippen molar-refractivity contribution in [2.75, 3.05) is 0 Å². The highest BCUT2D eigenvalue weighted by atomic mass is 35.5. The van der Waals surface area contributed by atoms with E-state index in [1.165, 1.54) is 36.7 Å². The van der Waals surface area contributed by atoms with E-state index in [-0.39, 0.29) is 21.5 Å². The highest BCUT2D eigenvalue weighted by Crippen LogP contribution is 2.31. The minimum Gasteiger partial charge on any atom is -0.506 e. The van der Waals surface area contributed by atoms with Crippen LogP contribution in [0.5, 0.6) is 11.5 Å². The molecule has 6 nitrogen and oxygen atoms in total. The number of nitrogens with zero attached hydrogens (tertiary/aromatic N) is 4. The van der Waals surface area contributed by atoms with Crippen LogP contribution in [0.2, 0.25) is 20.1 Å². The van der Waals surface area contributed by atoms with Crippen molar-refractivity contribution in [1.82, 2.24) is 0 Å². The van der Waals surface area contributed by atoms with Crippen LogP contribution < -0.4 is 0 Å². The van der Waals surface area contributed by atoms with E-state index in [2.05, 4.69) is 20.4 Å². The van der Waals surface area contributed by atoms with Crippen LogP contribution in [0.25, 0.3) is 0 Å². The first-order valence-electron chi connectivity index (χ1n) is 11.0. The first kappa shape index (κ1) is 27.4. The lowest BCUT2D eigenvalue weighted by Gasteiger charge is -2.09. The molecule has 0 aliphatic rings. The summed E-state index contributed by atoms with van der Waals surface area (Å²) in [6, 6.07) is 24.5. The SMILES string of the molecule is Oc1c(Cl)cc(Cl)cc1/C=N/N=C(\C(=N/N=C/c1cc(Cl)cc(Cl)c1O)c1ccccc1)c1ccccc1. The summed E-state index contributed by atoms with van der Waals surface area (Å²) in [5.41, 5.74) is 2.80. The zero-order valence-electron chi connectivity index (χ0n) is 19.4.